The SMILES string of the molecule is CCCCCC/C=C\C/C=C\CCCCCCCCCC(=O)OCCCCCCCCCCCCCCCCCCCCCCCCCCCC(=O)NC(CO)C(O)CCCCCCCCCCCCCCCCCCCCCCCCC. The largest absolute Gasteiger partial charge is 0.466 e. The number of allylic oxidation sites excluding steroid dienone is 4. The molecule has 0 fully saturated rings. The van der Waals surface area contributed by atoms with E-state index in [0.29, 0.717) is 25.9 Å². The van der Waals surface area contributed by atoms with Crippen LogP contribution >= 0.6 is 0 Å². The van der Waals surface area contributed by atoms with Crippen LogP contribution in [0.1, 0.15) is 431 Å². The van der Waals surface area contributed by atoms with E-state index in [1.165, 1.54) is 347 Å². The first-order valence-corrected chi connectivity index (χ1v) is 38.1. The number of ether oxygens (including phenoxy) is 1. The highest BCUT2D eigenvalue weighted by atomic mass is 16.5. The Labute approximate surface area is 520 Å². The molecule has 0 aromatic heterocycles. The molecule has 0 aromatic carbocycles. The molecule has 6 nitrogen and oxygen atoms in total. The van der Waals surface area contributed by atoms with Gasteiger partial charge in [-0.15, -0.1) is 0 Å². The summed E-state index contributed by atoms with van der Waals surface area (Å²) in [4.78, 5) is 24.7. The van der Waals surface area contributed by atoms with Crippen LogP contribution in [0.15, 0.2) is 24.3 Å². The molecular formula is C77H149NO5. The Balaban J connectivity index is 3.36. The number of aliphatic hydroxyl groups is 2. The lowest BCUT2D eigenvalue weighted by Crippen LogP contribution is -2.45. The summed E-state index contributed by atoms with van der Waals surface area (Å²) < 4.78 is 5.51. The summed E-state index contributed by atoms with van der Waals surface area (Å²) in [6.07, 6.45) is 92.4. The zero-order valence-corrected chi connectivity index (χ0v) is 56.5. The molecule has 0 heterocycles. The predicted molar refractivity (Wildman–Crippen MR) is 366 cm³/mol. The van der Waals surface area contributed by atoms with Gasteiger partial charge in [-0.3, -0.25) is 9.59 Å². The minimum absolute atomic E-state index is 0.0102. The summed E-state index contributed by atoms with van der Waals surface area (Å²) in [5.74, 6) is -0.0178. The first-order valence-electron chi connectivity index (χ1n) is 38.1. The minimum atomic E-state index is -0.665. The number of amides is 1. The van der Waals surface area contributed by atoms with Gasteiger partial charge in [0.15, 0.2) is 0 Å². The highest BCUT2D eigenvalue weighted by Gasteiger charge is 2.20. The molecule has 2 atom stereocenters. The standard InChI is InChI=1S/C77H149NO5/c1-3-5-7-9-11-13-15-17-19-21-23-24-28-31-34-37-41-45-49-53-57-61-65-69-75(80)74(73-79)78-76(81)70-66-62-58-54-50-46-42-38-35-32-29-26-25-27-30-33-36-40-44-48-52-56-60-64-68-72-83-77(82)71-67-63-59-55-51-47-43-39-22-20-18-16-14-12-10-8-6-4-2/h14,16,20,22,74-75,79-80H,3-13,15,17-19,21,23-73H2,1-2H3,(H,78,81)/b16-14-,22-20-. The average molecular weight is 1170 g/mol. The van der Waals surface area contributed by atoms with Crippen molar-refractivity contribution in [2.45, 2.75) is 443 Å². The summed E-state index contributed by atoms with van der Waals surface area (Å²) in [6.45, 7) is 4.98. The Morgan fingerprint density at radius 1 is 0.337 bits per heavy atom. The lowest BCUT2D eigenvalue weighted by atomic mass is 10.0. The third kappa shape index (κ3) is 69.3. The molecule has 0 spiro atoms. The molecule has 83 heavy (non-hydrogen) atoms. The van der Waals surface area contributed by atoms with Crippen molar-refractivity contribution in [2.24, 2.45) is 0 Å². The normalized spacial score (nSPS) is 12.6. The second-order valence-corrected chi connectivity index (χ2v) is 26.3. The molecule has 2 unspecified atom stereocenters. The minimum Gasteiger partial charge on any atom is -0.466 e. The van der Waals surface area contributed by atoms with Crippen molar-refractivity contribution in [1.29, 1.82) is 0 Å². The maximum Gasteiger partial charge on any atom is 0.305 e. The van der Waals surface area contributed by atoms with Crippen molar-refractivity contribution in [3.05, 3.63) is 24.3 Å². The third-order valence-corrected chi connectivity index (χ3v) is 18.0. The molecule has 0 bridgehead atoms. The maximum atomic E-state index is 12.6. The number of aliphatic hydroxyl groups excluding tert-OH is 2. The highest BCUT2D eigenvalue weighted by molar-refractivity contribution is 5.76. The molecule has 0 rings (SSSR count). The number of nitrogens with one attached hydrogen (secondary N) is 1. The Kier molecular flexibility index (Phi) is 71.4. The van der Waals surface area contributed by atoms with Gasteiger partial charge in [0, 0.05) is 12.8 Å². The molecule has 1 amide bonds. The zero-order chi connectivity index (χ0) is 59.9. The first-order chi connectivity index (χ1) is 41.0. The van der Waals surface area contributed by atoms with Crippen LogP contribution in [0.3, 0.4) is 0 Å². The maximum absolute atomic E-state index is 12.6. The van der Waals surface area contributed by atoms with E-state index in [1.54, 1.807) is 0 Å². The second-order valence-electron chi connectivity index (χ2n) is 26.3. The van der Waals surface area contributed by atoms with Crippen LogP contribution in [0.4, 0.5) is 0 Å². The molecule has 0 aromatic rings. The molecule has 6 heteroatoms. The van der Waals surface area contributed by atoms with Gasteiger partial charge >= 0.3 is 5.97 Å². The second kappa shape index (κ2) is 72.8. The van der Waals surface area contributed by atoms with Crippen molar-refractivity contribution in [1.82, 2.24) is 5.32 Å². The average Bonchev–Trinajstić information content (AvgIpc) is 3.49. The van der Waals surface area contributed by atoms with Crippen molar-refractivity contribution in [2.75, 3.05) is 13.2 Å². The fourth-order valence-electron chi connectivity index (χ4n) is 12.2. The summed E-state index contributed by atoms with van der Waals surface area (Å²) >= 11 is 0. The number of carbonyl (C=O) groups excluding carboxylic acids is 2. The summed E-state index contributed by atoms with van der Waals surface area (Å²) in [6, 6.07) is -0.541. The first kappa shape index (κ1) is 81.3. The van der Waals surface area contributed by atoms with Crippen LogP contribution in [-0.4, -0.2) is 47.4 Å². The van der Waals surface area contributed by atoms with E-state index in [2.05, 4.69) is 43.5 Å². The van der Waals surface area contributed by atoms with Gasteiger partial charge in [-0.1, -0.05) is 385 Å². The molecule has 0 radical (unpaired) electrons. The summed E-state index contributed by atoms with van der Waals surface area (Å²) in [5.41, 5.74) is 0. The number of esters is 1. The quantitative estimate of drug-likeness (QED) is 0.0320. The molecule has 492 valence electrons. The Bertz CT molecular complexity index is 1300. The molecule has 0 aliphatic carbocycles. The van der Waals surface area contributed by atoms with E-state index in [1.807, 2.05) is 0 Å². The number of hydrogen-bond acceptors (Lipinski definition) is 5. The van der Waals surface area contributed by atoms with Crippen LogP contribution < -0.4 is 5.32 Å². The molecule has 0 saturated heterocycles. The molecule has 0 aliphatic rings. The zero-order valence-electron chi connectivity index (χ0n) is 56.5. The van der Waals surface area contributed by atoms with Gasteiger partial charge in [0.25, 0.3) is 0 Å². The van der Waals surface area contributed by atoms with Gasteiger partial charge in [0.05, 0.1) is 25.4 Å². The lowest BCUT2D eigenvalue weighted by molar-refractivity contribution is -0.143. The van der Waals surface area contributed by atoms with E-state index in [0.717, 1.165) is 51.4 Å². The topological polar surface area (TPSA) is 95.9 Å². The monoisotopic (exact) mass is 1170 g/mol. The van der Waals surface area contributed by atoms with Gasteiger partial charge in [0.1, 0.15) is 0 Å². The van der Waals surface area contributed by atoms with Crippen molar-refractivity contribution < 1.29 is 24.5 Å². The van der Waals surface area contributed by atoms with E-state index in [-0.39, 0.29) is 18.5 Å². The Morgan fingerprint density at radius 3 is 0.928 bits per heavy atom. The molecule has 0 saturated carbocycles. The lowest BCUT2D eigenvalue weighted by Gasteiger charge is -2.22. The van der Waals surface area contributed by atoms with Crippen LogP contribution in [0.25, 0.3) is 0 Å². The van der Waals surface area contributed by atoms with Crippen molar-refractivity contribution in [3.63, 3.8) is 0 Å². The van der Waals surface area contributed by atoms with Crippen LogP contribution in [-0.2, 0) is 14.3 Å². The van der Waals surface area contributed by atoms with Crippen molar-refractivity contribution in [3.8, 4) is 0 Å². The van der Waals surface area contributed by atoms with Gasteiger partial charge in [-0.05, 0) is 57.8 Å². The van der Waals surface area contributed by atoms with Crippen LogP contribution in [0.5, 0.6) is 0 Å². The summed E-state index contributed by atoms with van der Waals surface area (Å²) in [5, 5.41) is 23.5. The van der Waals surface area contributed by atoms with Gasteiger partial charge in [0.2, 0.25) is 5.91 Å². The van der Waals surface area contributed by atoms with Gasteiger partial charge in [-0.25, -0.2) is 0 Å². The fraction of sp³-hybridized carbons (Fsp3) is 0.922. The van der Waals surface area contributed by atoms with E-state index in [9.17, 15) is 19.8 Å². The third-order valence-electron chi connectivity index (χ3n) is 18.0. The highest BCUT2D eigenvalue weighted by Crippen LogP contribution is 2.20. The molecule has 3 N–H and O–H groups in total. The van der Waals surface area contributed by atoms with Gasteiger partial charge < -0.3 is 20.3 Å². The van der Waals surface area contributed by atoms with Crippen molar-refractivity contribution >= 4 is 11.9 Å². The number of unbranched alkanes of at least 4 members (excludes halogenated alkanes) is 57. The summed E-state index contributed by atoms with van der Waals surface area (Å²) in [7, 11) is 0. The van der Waals surface area contributed by atoms with E-state index < -0.39 is 12.1 Å². The molecule has 0 aliphatic heterocycles. The Hall–Kier alpha value is -1.66. The van der Waals surface area contributed by atoms with Gasteiger partial charge in [-0.2, -0.15) is 0 Å². The Morgan fingerprint density at radius 2 is 0.602 bits per heavy atom. The number of rotatable bonds is 72. The smallest absolute Gasteiger partial charge is 0.305 e. The fourth-order valence-corrected chi connectivity index (χ4v) is 12.2. The molecular weight excluding hydrogens is 1020 g/mol. The van der Waals surface area contributed by atoms with E-state index >= 15 is 0 Å². The van der Waals surface area contributed by atoms with Crippen LogP contribution in [0.2, 0.25) is 0 Å². The predicted octanol–water partition coefficient (Wildman–Crippen LogP) is 24.9. The number of hydrogen-bond donors (Lipinski definition) is 3. The number of carbonyl (C=O) groups is 2. The van der Waals surface area contributed by atoms with E-state index in [4.69, 9.17) is 4.74 Å². The van der Waals surface area contributed by atoms with Crippen LogP contribution in [0, 0.1) is 0 Å².